The van der Waals surface area contributed by atoms with Crippen LogP contribution in [0.15, 0.2) is 70.8 Å². The van der Waals surface area contributed by atoms with Gasteiger partial charge in [0.15, 0.2) is 0 Å². The highest BCUT2D eigenvalue weighted by Crippen LogP contribution is 2.33. The van der Waals surface area contributed by atoms with E-state index < -0.39 is 41.4 Å². The fourth-order valence-electron chi connectivity index (χ4n) is 8.32. The van der Waals surface area contributed by atoms with E-state index in [9.17, 15) is 24.0 Å². The number of imidazole rings is 1. The Bertz CT molecular complexity index is 2510. The molecule has 340 valence electrons. The van der Waals surface area contributed by atoms with Gasteiger partial charge in [-0.2, -0.15) is 0 Å². The second-order valence-corrected chi connectivity index (χ2v) is 16.0. The number of hydrogen-bond acceptors (Lipinski definition) is 14. The molecular formula is C46H52FN11O7. The first kappa shape index (κ1) is 44.9. The van der Waals surface area contributed by atoms with Gasteiger partial charge in [0.05, 0.1) is 60.7 Å². The maximum absolute atomic E-state index is 15.4. The molecule has 19 heteroatoms. The Labute approximate surface area is 375 Å². The van der Waals surface area contributed by atoms with Crippen molar-refractivity contribution in [3.8, 4) is 0 Å². The Hall–Kier alpha value is -6.67. The number of nitrogens with one attached hydrogen (secondary N) is 5. The van der Waals surface area contributed by atoms with Gasteiger partial charge in [0.1, 0.15) is 17.9 Å². The molecule has 5 heterocycles. The summed E-state index contributed by atoms with van der Waals surface area (Å²) in [6, 6.07) is 14.5. The standard InChI is InChI=1S/C46H52FN11O7/c1-56-39(28-54-46-53-27-32(58(46)56)25-29-7-10-36-30(24-29)4-3-13-50-36)31-8-9-33(35(47)26-31)42(60)52-15-14-48-16-20-64-21-17-49-18-22-65-23-19-51-37-6-2-5-34-41(37)45(63)57(44(34)62)38-11-12-40(59)55-43(38)61/h2,5-10,13,24,26-28,38-39,48-49,51H,3-4,11-12,14-23,25H2,1H3,(H,52,60)(H,55,59,61). The molecule has 2 atom stereocenters. The number of benzene rings is 3. The summed E-state index contributed by atoms with van der Waals surface area (Å²) >= 11 is 0. The third-order valence-electron chi connectivity index (χ3n) is 11.6. The Morgan fingerprint density at radius 1 is 0.877 bits per heavy atom. The molecule has 1 aromatic heterocycles. The molecule has 0 spiro atoms. The Morgan fingerprint density at radius 3 is 2.45 bits per heavy atom. The van der Waals surface area contributed by atoms with E-state index in [1.165, 1.54) is 17.7 Å². The van der Waals surface area contributed by atoms with Gasteiger partial charge in [-0.25, -0.2) is 19.0 Å². The second kappa shape index (κ2) is 20.9. The van der Waals surface area contributed by atoms with Crippen molar-refractivity contribution >= 4 is 59.3 Å². The lowest BCUT2D eigenvalue weighted by Gasteiger charge is -2.33. The van der Waals surface area contributed by atoms with Gasteiger partial charge in [0.2, 0.25) is 17.8 Å². The van der Waals surface area contributed by atoms with Crippen LogP contribution in [0.4, 0.5) is 21.7 Å². The zero-order chi connectivity index (χ0) is 45.3. The summed E-state index contributed by atoms with van der Waals surface area (Å²) in [6.45, 7) is 4.76. The van der Waals surface area contributed by atoms with Crippen molar-refractivity contribution in [3.05, 3.63) is 106 Å². The average Bonchev–Trinajstić information content (AvgIpc) is 3.83. The maximum atomic E-state index is 15.4. The van der Waals surface area contributed by atoms with Gasteiger partial charge in [0, 0.05) is 77.3 Å². The third kappa shape index (κ3) is 10.3. The molecule has 8 rings (SSSR count). The number of fused-ring (bicyclic) bond motifs is 3. The second-order valence-electron chi connectivity index (χ2n) is 16.0. The van der Waals surface area contributed by atoms with Gasteiger partial charge in [-0.1, -0.05) is 24.3 Å². The molecule has 5 amide bonds. The topological polar surface area (TPSA) is 213 Å². The maximum Gasteiger partial charge on any atom is 0.264 e. The van der Waals surface area contributed by atoms with Crippen LogP contribution in [0.2, 0.25) is 0 Å². The normalized spacial score (nSPS) is 17.6. The van der Waals surface area contributed by atoms with Crippen LogP contribution in [0.25, 0.3) is 0 Å². The quantitative estimate of drug-likeness (QED) is 0.0604. The third-order valence-corrected chi connectivity index (χ3v) is 11.6. The lowest BCUT2D eigenvalue weighted by molar-refractivity contribution is -0.136. The molecule has 3 aromatic carbocycles. The number of nitrogens with zero attached hydrogens (tertiary/aromatic N) is 6. The number of ether oxygens (including phenoxy) is 2. The zero-order valence-corrected chi connectivity index (χ0v) is 36.1. The summed E-state index contributed by atoms with van der Waals surface area (Å²) in [5.41, 5.74) is 5.89. The number of aryl methyl sites for hydroxylation is 1. The Morgan fingerprint density at radius 2 is 1.66 bits per heavy atom. The fraction of sp³-hybridized carbons (Fsp3) is 0.391. The van der Waals surface area contributed by atoms with Crippen molar-refractivity contribution in [2.24, 2.45) is 9.98 Å². The summed E-state index contributed by atoms with van der Waals surface area (Å²) in [6.07, 6.45) is 8.22. The minimum atomic E-state index is -1.02. The van der Waals surface area contributed by atoms with Crippen LogP contribution in [-0.4, -0.2) is 135 Å². The molecule has 1 saturated heterocycles. The number of piperidine rings is 1. The van der Waals surface area contributed by atoms with Crippen molar-refractivity contribution in [2.75, 3.05) is 83.1 Å². The van der Waals surface area contributed by atoms with E-state index in [1.807, 2.05) is 29.1 Å². The van der Waals surface area contributed by atoms with Crippen LogP contribution in [0.1, 0.15) is 78.8 Å². The van der Waals surface area contributed by atoms with Gasteiger partial charge in [-0.05, 0) is 66.3 Å². The summed E-state index contributed by atoms with van der Waals surface area (Å²) in [4.78, 5) is 77.5. The molecule has 18 nitrogen and oxygen atoms in total. The number of carbonyl (C=O) groups is 5. The van der Waals surface area contributed by atoms with Crippen LogP contribution in [0.5, 0.6) is 0 Å². The van der Waals surface area contributed by atoms with Crippen LogP contribution >= 0.6 is 0 Å². The Balaban J connectivity index is 0.663. The molecule has 1 fully saturated rings. The summed E-state index contributed by atoms with van der Waals surface area (Å²) < 4.78 is 28.7. The first-order valence-corrected chi connectivity index (χ1v) is 21.9. The highest BCUT2D eigenvalue weighted by molar-refractivity contribution is 6.25. The van der Waals surface area contributed by atoms with Gasteiger partial charge in [0.25, 0.3) is 17.7 Å². The molecule has 0 radical (unpaired) electrons. The predicted molar refractivity (Wildman–Crippen MR) is 241 cm³/mol. The minimum Gasteiger partial charge on any atom is -0.382 e. The van der Waals surface area contributed by atoms with Crippen LogP contribution < -0.4 is 31.6 Å². The zero-order valence-electron chi connectivity index (χ0n) is 36.1. The molecule has 0 bridgehead atoms. The molecule has 4 aliphatic heterocycles. The first-order valence-electron chi connectivity index (χ1n) is 21.9. The van der Waals surface area contributed by atoms with Crippen LogP contribution in [-0.2, 0) is 31.9 Å². The lowest BCUT2D eigenvalue weighted by Crippen LogP contribution is -2.54. The fourth-order valence-corrected chi connectivity index (χ4v) is 8.32. The van der Waals surface area contributed by atoms with Crippen molar-refractivity contribution in [2.45, 2.75) is 44.2 Å². The van der Waals surface area contributed by atoms with E-state index in [0.29, 0.717) is 89.3 Å². The summed E-state index contributed by atoms with van der Waals surface area (Å²) in [7, 11) is 1.92. The van der Waals surface area contributed by atoms with Crippen molar-refractivity contribution in [1.82, 2.24) is 35.8 Å². The molecule has 65 heavy (non-hydrogen) atoms. The van der Waals surface area contributed by atoms with Gasteiger partial charge in [-0.15, -0.1) is 0 Å². The van der Waals surface area contributed by atoms with E-state index in [1.54, 1.807) is 30.5 Å². The molecule has 5 N–H and O–H groups in total. The SMILES string of the molecule is CN1C(c2ccc(C(=O)NCCNCCOCCNCCOCCNc3cccc4c3C(=O)N(C3CCC(=O)NC3=O)C4=O)c(F)c2)C=Nc2ncc(Cc3ccc4c(c3)CCC=N4)n21. The minimum absolute atomic E-state index is 0.0316. The number of hydrogen-bond donors (Lipinski definition) is 5. The number of aliphatic imine (C=N–C) groups is 2. The number of carbonyl (C=O) groups excluding carboxylic acids is 5. The highest BCUT2D eigenvalue weighted by atomic mass is 19.1. The molecule has 4 aromatic rings. The summed E-state index contributed by atoms with van der Waals surface area (Å²) in [5, 5.41) is 16.6. The number of amides is 5. The largest absolute Gasteiger partial charge is 0.382 e. The highest BCUT2D eigenvalue weighted by Gasteiger charge is 2.45. The van der Waals surface area contributed by atoms with E-state index in [2.05, 4.69) is 59.8 Å². The average molecular weight is 890 g/mol. The van der Waals surface area contributed by atoms with E-state index in [-0.39, 0.29) is 35.6 Å². The number of anilines is 1. The number of rotatable bonds is 21. The molecule has 4 aliphatic rings. The molecule has 2 unspecified atom stereocenters. The smallest absolute Gasteiger partial charge is 0.264 e. The number of halogens is 1. The van der Waals surface area contributed by atoms with Gasteiger partial charge in [-0.3, -0.25) is 39.2 Å². The lowest BCUT2D eigenvalue weighted by atomic mass is 10.0. The molecule has 0 saturated carbocycles. The van der Waals surface area contributed by atoms with Crippen LogP contribution in [0, 0.1) is 5.82 Å². The first-order chi connectivity index (χ1) is 31.7. The van der Waals surface area contributed by atoms with E-state index in [0.717, 1.165) is 34.7 Å². The molecular weight excluding hydrogens is 838 g/mol. The van der Waals surface area contributed by atoms with Crippen molar-refractivity contribution in [3.63, 3.8) is 0 Å². The number of aromatic nitrogens is 2. The monoisotopic (exact) mass is 889 g/mol. The van der Waals surface area contributed by atoms with Crippen molar-refractivity contribution in [1.29, 1.82) is 0 Å². The summed E-state index contributed by atoms with van der Waals surface area (Å²) in [5.74, 6) is -2.74. The molecule has 0 aliphatic carbocycles. The Kier molecular flexibility index (Phi) is 14.4. The van der Waals surface area contributed by atoms with Gasteiger partial charge >= 0.3 is 0 Å². The van der Waals surface area contributed by atoms with E-state index >= 15 is 4.39 Å². The van der Waals surface area contributed by atoms with Crippen LogP contribution in [0.3, 0.4) is 0 Å². The predicted octanol–water partition coefficient (Wildman–Crippen LogP) is 2.74. The van der Waals surface area contributed by atoms with Gasteiger partial charge < -0.3 is 35.7 Å². The number of imide groups is 2. The van der Waals surface area contributed by atoms with Crippen molar-refractivity contribution < 1.29 is 37.8 Å². The van der Waals surface area contributed by atoms with E-state index in [4.69, 9.17) is 9.47 Å².